The molecule has 1 aliphatic carbocycles. The van der Waals surface area contributed by atoms with Crippen molar-refractivity contribution in [3.63, 3.8) is 0 Å². The standard InChI is InChI=1S/C35H52N6O6S/c1-34(2,3)40-32(44)28-19-24-14-10-11-15-25(24)21-41(28)22-29(42)26(18-23-12-8-7-9-13-23)38-33(45)30(35(4,5)48(6,46)47)39-31(43)27-20-36-16-17-37-27/h7-9,12-13,16-17,20,24-26,28-30,42H,10-11,14-15,18-19,21-22H2,1-6H3,(H,38,45)(H,39,43)(H,40,44)/t24?,25?,26-,28-,29+,30+/m0/s1. The van der Waals surface area contributed by atoms with E-state index in [1.165, 1.54) is 32.4 Å². The number of β-amino-alcohol motifs (C(OH)–C–C–N with tert-alkyl or cyclic N) is 1. The second-order valence-corrected chi connectivity index (χ2v) is 17.6. The molecule has 2 aliphatic rings. The predicted molar refractivity (Wildman–Crippen MR) is 184 cm³/mol. The molecular weight excluding hydrogens is 632 g/mol. The lowest BCUT2D eigenvalue weighted by Gasteiger charge is -2.47. The Morgan fingerprint density at radius 3 is 2.27 bits per heavy atom. The lowest BCUT2D eigenvalue weighted by Crippen LogP contribution is -2.64. The average Bonchev–Trinajstić information content (AvgIpc) is 3.02. The first-order chi connectivity index (χ1) is 22.5. The molecular formula is C35H52N6O6S. The Labute approximate surface area is 284 Å². The van der Waals surface area contributed by atoms with Gasteiger partial charge in [-0.2, -0.15) is 0 Å². The molecule has 3 amide bonds. The minimum absolute atomic E-state index is 0.0776. The van der Waals surface area contributed by atoms with Gasteiger partial charge >= 0.3 is 0 Å². The highest BCUT2D eigenvalue weighted by Crippen LogP contribution is 2.39. The molecule has 4 rings (SSSR count). The van der Waals surface area contributed by atoms with E-state index in [4.69, 9.17) is 0 Å². The van der Waals surface area contributed by atoms with Gasteiger partial charge in [0.1, 0.15) is 11.7 Å². The number of nitrogens with one attached hydrogen (secondary N) is 3. The van der Waals surface area contributed by atoms with Gasteiger partial charge in [-0.3, -0.25) is 24.3 Å². The van der Waals surface area contributed by atoms with E-state index in [2.05, 4.69) is 30.8 Å². The van der Waals surface area contributed by atoms with Crippen LogP contribution < -0.4 is 16.0 Å². The van der Waals surface area contributed by atoms with Gasteiger partial charge in [-0.25, -0.2) is 13.4 Å². The van der Waals surface area contributed by atoms with E-state index < -0.39 is 56.2 Å². The topological polar surface area (TPSA) is 171 Å². The molecule has 2 fully saturated rings. The average molecular weight is 685 g/mol. The maximum absolute atomic E-state index is 14.1. The van der Waals surface area contributed by atoms with Crippen LogP contribution in [0.4, 0.5) is 0 Å². The second kappa shape index (κ2) is 15.4. The molecule has 6 atom stereocenters. The van der Waals surface area contributed by atoms with Gasteiger partial charge in [0.05, 0.1) is 29.1 Å². The lowest BCUT2D eigenvalue weighted by atomic mass is 9.72. The molecule has 4 N–H and O–H groups in total. The number of sulfone groups is 1. The van der Waals surface area contributed by atoms with Crippen LogP contribution in [0.15, 0.2) is 48.9 Å². The number of rotatable bonds is 12. The summed E-state index contributed by atoms with van der Waals surface area (Å²) in [6.07, 6.45) is 9.21. The second-order valence-electron chi connectivity index (χ2n) is 15.0. The molecule has 13 heteroatoms. The van der Waals surface area contributed by atoms with Crippen LogP contribution in [0, 0.1) is 11.8 Å². The highest BCUT2D eigenvalue weighted by Gasteiger charge is 2.46. The molecule has 0 spiro atoms. The van der Waals surface area contributed by atoms with Gasteiger partial charge in [-0.05, 0) is 71.3 Å². The highest BCUT2D eigenvalue weighted by molar-refractivity contribution is 7.92. The number of aliphatic hydroxyl groups excluding tert-OH is 1. The summed E-state index contributed by atoms with van der Waals surface area (Å²) in [5.74, 6) is -0.745. The maximum atomic E-state index is 14.1. The largest absolute Gasteiger partial charge is 0.390 e. The van der Waals surface area contributed by atoms with Gasteiger partial charge in [0.15, 0.2) is 9.84 Å². The number of hydrogen-bond donors (Lipinski definition) is 4. The summed E-state index contributed by atoms with van der Waals surface area (Å²) < 4.78 is 24.2. The van der Waals surface area contributed by atoms with Crippen molar-refractivity contribution in [3.05, 3.63) is 60.2 Å². The van der Waals surface area contributed by atoms with Crippen LogP contribution >= 0.6 is 0 Å². The maximum Gasteiger partial charge on any atom is 0.272 e. The van der Waals surface area contributed by atoms with Crippen LogP contribution in [-0.2, 0) is 25.8 Å². The summed E-state index contributed by atoms with van der Waals surface area (Å²) in [6.45, 7) is 9.36. The predicted octanol–water partition coefficient (Wildman–Crippen LogP) is 2.28. The van der Waals surface area contributed by atoms with Gasteiger partial charge in [-0.15, -0.1) is 0 Å². The van der Waals surface area contributed by atoms with Crippen molar-refractivity contribution in [2.75, 3.05) is 19.3 Å². The zero-order valence-corrected chi connectivity index (χ0v) is 29.8. The van der Waals surface area contributed by atoms with Gasteiger partial charge in [0.25, 0.3) is 5.91 Å². The number of amides is 3. The third-order valence-corrected chi connectivity index (χ3v) is 11.9. The van der Waals surface area contributed by atoms with Crippen molar-refractivity contribution in [3.8, 4) is 0 Å². The monoisotopic (exact) mass is 684 g/mol. The summed E-state index contributed by atoms with van der Waals surface area (Å²) in [7, 11) is -3.88. The van der Waals surface area contributed by atoms with Crippen molar-refractivity contribution in [1.82, 2.24) is 30.8 Å². The number of carbonyl (C=O) groups excluding carboxylic acids is 3. The minimum atomic E-state index is -3.88. The number of aliphatic hydroxyl groups is 1. The number of likely N-dealkylation sites (tertiary alicyclic amines) is 1. The first kappa shape index (κ1) is 37.4. The van der Waals surface area contributed by atoms with Gasteiger partial charge in [-0.1, -0.05) is 49.6 Å². The van der Waals surface area contributed by atoms with E-state index in [9.17, 15) is 27.9 Å². The van der Waals surface area contributed by atoms with Crippen molar-refractivity contribution in [2.45, 2.75) is 108 Å². The summed E-state index contributed by atoms with van der Waals surface area (Å²) in [4.78, 5) is 50.8. The number of carbonyl (C=O) groups is 3. The molecule has 2 aromatic rings. The SMILES string of the molecule is CC(C)(C)NC(=O)[C@@H]1CC2CCCCC2CN1C[C@@H](O)[C@H](Cc1ccccc1)NC(=O)[C@@H](NC(=O)c1cnccn1)C(C)(C)S(C)(=O)=O. The number of piperidine rings is 1. The van der Waals surface area contributed by atoms with E-state index in [1.54, 1.807) is 0 Å². The molecule has 2 unspecified atom stereocenters. The molecule has 1 aliphatic heterocycles. The fourth-order valence-corrected chi connectivity index (χ4v) is 7.40. The molecule has 12 nitrogen and oxygen atoms in total. The van der Waals surface area contributed by atoms with E-state index in [1.807, 2.05) is 51.1 Å². The Bertz CT molecular complexity index is 1510. The van der Waals surface area contributed by atoms with Crippen LogP contribution in [0.3, 0.4) is 0 Å². The van der Waals surface area contributed by atoms with Gasteiger partial charge < -0.3 is 21.1 Å². The van der Waals surface area contributed by atoms with E-state index in [0.29, 0.717) is 24.8 Å². The van der Waals surface area contributed by atoms with Crippen LogP contribution in [0.1, 0.15) is 82.8 Å². The molecule has 0 bridgehead atoms. The van der Waals surface area contributed by atoms with Crippen LogP contribution in [-0.4, -0.2) is 100.0 Å². The number of aromatic nitrogens is 2. The number of nitrogens with zero attached hydrogens (tertiary/aromatic N) is 3. The summed E-state index contributed by atoms with van der Waals surface area (Å²) in [6, 6.07) is 6.51. The van der Waals surface area contributed by atoms with Crippen molar-refractivity contribution in [2.24, 2.45) is 11.8 Å². The first-order valence-electron chi connectivity index (χ1n) is 16.8. The third-order valence-electron chi connectivity index (χ3n) is 9.80. The third kappa shape index (κ3) is 9.60. The molecule has 1 saturated carbocycles. The Balaban J connectivity index is 1.63. The Morgan fingerprint density at radius 1 is 1.00 bits per heavy atom. The van der Waals surface area contributed by atoms with Gasteiger partial charge in [0, 0.05) is 37.3 Å². The van der Waals surface area contributed by atoms with E-state index in [-0.39, 0.29) is 24.6 Å². The highest BCUT2D eigenvalue weighted by atomic mass is 32.2. The fraction of sp³-hybridized carbons (Fsp3) is 0.629. The minimum Gasteiger partial charge on any atom is -0.390 e. The first-order valence-corrected chi connectivity index (χ1v) is 18.7. The molecule has 0 radical (unpaired) electrons. The quantitative estimate of drug-likeness (QED) is 0.262. The van der Waals surface area contributed by atoms with Crippen molar-refractivity contribution < 1.29 is 27.9 Å². The zero-order chi connectivity index (χ0) is 35.3. The van der Waals surface area contributed by atoms with Crippen molar-refractivity contribution in [1.29, 1.82) is 0 Å². The zero-order valence-electron chi connectivity index (χ0n) is 29.0. The number of benzene rings is 1. The Kier molecular flexibility index (Phi) is 12.0. The number of hydrogen-bond acceptors (Lipinski definition) is 9. The Morgan fingerprint density at radius 2 is 1.67 bits per heavy atom. The van der Waals surface area contributed by atoms with E-state index >= 15 is 0 Å². The summed E-state index contributed by atoms with van der Waals surface area (Å²) >= 11 is 0. The van der Waals surface area contributed by atoms with Crippen LogP contribution in [0.5, 0.6) is 0 Å². The van der Waals surface area contributed by atoms with E-state index in [0.717, 1.165) is 37.5 Å². The smallest absolute Gasteiger partial charge is 0.272 e. The fourth-order valence-electron chi connectivity index (χ4n) is 6.80. The summed E-state index contributed by atoms with van der Waals surface area (Å²) in [5, 5.41) is 20.5. The molecule has 1 saturated heterocycles. The van der Waals surface area contributed by atoms with Gasteiger partial charge in [0.2, 0.25) is 11.8 Å². The Hall–Kier alpha value is -3.42. The molecule has 48 heavy (non-hydrogen) atoms. The molecule has 2 heterocycles. The van der Waals surface area contributed by atoms with Crippen LogP contribution in [0.25, 0.3) is 0 Å². The van der Waals surface area contributed by atoms with Crippen LogP contribution in [0.2, 0.25) is 0 Å². The van der Waals surface area contributed by atoms with Crippen molar-refractivity contribution >= 4 is 27.6 Å². The number of fused-ring (bicyclic) bond motifs is 1. The normalized spacial score (nSPS) is 22.4. The summed E-state index contributed by atoms with van der Waals surface area (Å²) in [5.41, 5.74) is 0.342. The lowest BCUT2D eigenvalue weighted by molar-refractivity contribution is -0.133. The molecule has 264 valence electrons. The molecule has 1 aromatic carbocycles. The molecule has 1 aromatic heterocycles.